The summed E-state index contributed by atoms with van der Waals surface area (Å²) >= 11 is 0. The summed E-state index contributed by atoms with van der Waals surface area (Å²) in [6.45, 7) is 2.60. The number of esters is 1. The lowest BCUT2D eigenvalue weighted by Crippen LogP contribution is -2.53. The van der Waals surface area contributed by atoms with Crippen molar-refractivity contribution in [3.05, 3.63) is 71.8 Å². The summed E-state index contributed by atoms with van der Waals surface area (Å²) in [5.41, 5.74) is 1.31. The third kappa shape index (κ3) is 4.18. The molecule has 2 fully saturated rings. The maximum absolute atomic E-state index is 13.7. The molecule has 0 spiro atoms. The minimum absolute atomic E-state index is 0.113. The number of amides is 2. The Morgan fingerprint density at radius 1 is 0.935 bits per heavy atom. The Morgan fingerprint density at radius 2 is 1.55 bits per heavy atom. The van der Waals surface area contributed by atoms with Crippen molar-refractivity contribution < 1.29 is 19.1 Å². The molecule has 7 heteroatoms. The highest BCUT2D eigenvalue weighted by atomic mass is 16.5. The van der Waals surface area contributed by atoms with Crippen LogP contribution in [0.3, 0.4) is 0 Å². The molecule has 0 bridgehead atoms. The van der Waals surface area contributed by atoms with E-state index in [-0.39, 0.29) is 18.2 Å². The molecule has 0 radical (unpaired) electrons. The van der Waals surface area contributed by atoms with Gasteiger partial charge in [0.1, 0.15) is 6.04 Å². The predicted molar refractivity (Wildman–Crippen MR) is 115 cm³/mol. The van der Waals surface area contributed by atoms with Gasteiger partial charge in [0.2, 0.25) is 5.91 Å². The molecule has 2 aliphatic heterocycles. The first-order valence-corrected chi connectivity index (χ1v) is 10.6. The van der Waals surface area contributed by atoms with Gasteiger partial charge in [-0.2, -0.15) is 0 Å². The number of carbonyl (C=O) groups excluding carboxylic acids is 3. The van der Waals surface area contributed by atoms with E-state index >= 15 is 0 Å². The summed E-state index contributed by atoms with van der Waals surface area (Å²) in [6, 6.07) is 17.0. The Labute approximate surface area is 182 Å². The van der Waals surface area contributed by atoms with E-state index in [0.29, 0.717) is 31.7 Å². The van der Waals surface area contributed by atoms with Crippen LogP contribution >= 0.6 is 0 Å². The van der Waals surface area contributed by atoms with Crippen LogP contribution in [0.4, 0.5) is 0 Å². The van der Waals surface area contributed by atoms with Gasteiger partial charge in [0, 0.05) is 31.7 Å². The van der Waals surface area contributed by atoms with Crippen LogP contribution in [0.5, 0.6) is 0 Å². The van der Waals surface area contributed by atoms with E-state index in [4.69, 9.17) is 4.74 Å². The van der Waals surface area contributed by atoms with E-state index in [9.17, 15) is 14.4 Å². The smallest absolute Gasteiger partial charge is 0.311 e. The molecule has 3 unspecified atom stereocenters. The van der Waals surface area contributed by atoms with E-state index in [1.165, 1.54) is 7.11 Å². The Balaban J connectivity index is 1.77. The van der Waals surface area contributed by atoms with Crippen LogP contribution in [-0.4, -0.2) is 66.9 Å². The van der Waals surface area contributed by atoms with Crippen molar-refractivity contribution in [3.8, 4) is 0 Å². The minimum Gasteiger partial charge on any atom is -0.469 e. The maximum Gasteiger partial charge on any atom is 0.311 e. The number of benzene rings is 2. The second-order valence-electron chi connectivity index (χ2n) is 7.89. The number of carbonyl (C=O) groups is 3. The number of ether oxygens (including phenoxy) is 1. The number of hydrogen-bond donors (Lipinski definition) is 1. The molecule has 0 aromatic heterocycles. The average molecular weight is 421 g/mol. The maximum atomic E-state index is 13.7. The number of rotatable bonds is 4. The van der Waals surface area contributed by atoms with Crippen molar-refractivity contribution in [2.75, 3.05) is 33.3 Å². The molecule has 2 aromatic rings. The molecule has 31 heavy (non-hydrogen) atoms. The van der Waals surface area contributed by atoms with Gasteiger partial charge in [-0.3, -0.25) is 14.4 Å². The number of nitrogens with one attached hydrogen (secondary N) is 1. The fourth-order valence-corrected chi connectivity index (χ4v) is 4.60. The van der Waals surface area contributed by atoms with Gasteiger partial charge in [-0.05, 0) is 24.1 Å². The molecular formula is C24H27N3O4. The van der Waals surface area contributed by atoms with Gasteiger partial charge in [0.25, 0.3) is 5.91 Å². The Bertz CT molecular complexity index is 928. The van der Waals surface area contributed by atoms with E-state index in [2.05, 4.69) is 5.32 Å². The summed E-state index contributed by atoms with van der Waals surface area (Å²) in [6.07, 6.45) is 0.244. The third-order valence-electron chi connectivity index (χ3n) is 6.11. The Hall–Kier alpha value is -3.19. The Kier molecular flexibility index (Phi) is 6.32. The monoisotopic (exact) mass is 421 g/mol. The van der Waals surface area contributed by atoms with Crippen molar-refractivity contribution in [2.45, 2.75) is 18.5 Å². The Morgan fingerprint density at radius 3 is 2.16 bits per heavy atom. The van der Waals surface area contributed by atoms with Gasteiger partial charge in [-0.1, -0.05) is 48.5 Å². The number of nitrogens with zero attached hydrogens (tertiary/aromatic N) is 2. The lowest BCUT2D eigenvalue weighted by atomic mass is 9.93. The van der Waals surface area contributed by atoms with Crippen LogP contribution < -0.4 is 5.32 Å². The molecule has 0 aliphatic carbocycles. The van der Waals surface area contributed by atoms with Crippen molar-refractivity contribution in [1.29, 1.82) is 0 Å². The molecule has 2 aliphatic rings. The largest absolute Gasteiger partial charge is 0.469 e. The molecule has 4 rings (SSSR count). The molecular weight excluding hydrogens is 394 g/mol. The summed E-state index contributed by atoms with van der Waals surface area (Å²) < 4.78 is 5.08. The highest BCUT2D eigenvalue weighted by Gasteiger charge is 2.51. The fourth-order valence-electron chi connectivity index (χ4n) is 4.60. The van der Waals surface area contributed by atoms with Gasteiger partial charge in [0.15, 0.2) is 0 Å². The van der Waals surface area contributed by atoms with Crippen molar-refractivity contribution >= 4 is 17.8 Å². The van der Waals surface area contributed by atoms with E-state index in [1.807, 2.05) is 36.4 Å². The lowest BCUT2D eigenvalue weighted by Gasteiger charge is -2.35. The summed E-state index contributed by atoms with van der Waals surface area (Å²) in [4.78, 5) is 43.4. The first kappa shape index (κ1) is 21.1. The zero-order valence-electron chi connectivity index (χ0n) is 17.6. The molecule has 162 valence electrons. The van der Waals surface area contributed by atoms with Crippen molar-refractivity contribution in [3.63, 3.8) is 0 Å². The zero-order chi connectivity index (χ0) is 21.8. The van der Waals surface area contributed by atoms with Crippen LogP contribution in [0.15, 0.2) is 60.7 Å². The van der Waals surface area contributed by atoms with Gasteiger partial charge < -0.3 is 19.9 Å². The summed E-state index contributed by atoms with van der Waals surface area (Å²) in [5, 5.41) is 3.24. The highest BCUT2D eigenvalue weighted by molar-refractivity contribution is 5.99. The van der Waals surface area contributed by atoms with E-state index < -0.39 is 24.0 Å². The van der Waals surface area contributed by atoms with Crippen LogP contribution in [0.2, 0.25) is 0 Å². The second kappa shape index (κ2) is 9.31. The van der Waals surface area contributed by atoms with Crippen LogP contribution in [0.25, 0.3) is 0 Å². The normalized spacial score (nSPS) is 23.5. The lowest BCUT2D eigenvalue weighted by molar-refractivity contribution is -0.146. The molecule has 2 heterocycles. The third-order valence-corrected chi connectivity index (χ3v) is 6.11. The summed E-state index contributed by atoms with van der Waals surface area (Å²) in [7, 11) is 1.35. The molecule has 1 N–H and O–H groups in total. The van der Waals surface area contributed by atoms with Crippen molar-refractivity contribution in [1.82, 2.24) is 15.1 Å². The number of piperazine rings is 1. The van der Waals surface area contributed by atoms with E-state index in [1.54, 1.807) is 34.1 Å². The van der Waals surface area contributed by atoms with E-state index in [0.717, 1.165) is 5.56 Å². The molecule has 3 atom stereocenters. The molecule has 2 amide bonds. The SMILES string of the molecule is COC(=O)C1CC(C(=O)N2CCNCC2)N(C(=O)c2ccccc2)C1c1ccccc1. The van der Waals surface area contributed by atoms with Crippen LogP contribution in [0, 0.1) is 5.92 Å². The standard InChI is InChI=1S/C24H27N3O4/c1-31-24(30)19-16-20(23(29)26-14-12-25-13-15-26)27(21(19)17-8-4-2-5-9-17)22(28)18-10-6-3-7-11-18/h2-11,19-21,25H,12-16H2,1H3. The van der Waals surface area contributed by atoms with Gasteiger partial charge >= 0.3 is 5.97 Å². The number of likely N-dealkylation sites (tertiary alicyclic amines) is 1. The first-order valence-electron chi connectivity index (χ1n) is 10.6. The quantitative estimate of drug-likeness (QED) is 0.763. The molecule has 7 nitrogen and oxygen atoms in total. The topological polar surface area (TPSA) is 79.0 Å². The first-order chi connectivity index (χ1) is 15.1. The number of hydrogen-bond acceptors (Lipinski definition) is 5. The average Bonchev–Trinajstić information content (AvgIpc) is 3.25. The van der Waals surface area contributed by atoms with Crippen molar-refractivity contribution in [2.24, 2.45) is 5.92 Å². The fraction of sp³-hybridized carbons (Fsp3) is 0.375. The predicted octanol–water partition coefficient (Wildman–Crippen LogP) is 1.86. The molecule has 2 saturated heterocycles. The van der Waals surface area contributed by atoms with Crippen LogP contribution in [-0.2, 0) is 14.3 Å². The second-order valence-corrected chi connectivity index (χ2v) is 7.89. The zero-order valence-corrected chi connectivity index (χ0v) is 17.6. The molecule has 0 saturated carbocycles. The highest BCUT2D eigenvalue weighted by Crippen LogP contribution is 2.43. The van der Waals surface area contributed by atoms with Gasteiger partial charge in [0.05, 0.1) is 19.1 Å². The molecule has 2 aromatic carbocycles. The van der Waals surface area contributed by atoms with Gasteiger partial charge in [-0.15, -0.1) is 0 Å². The minimum atomic E-state index is -0.722. The van der Waals surface area contributed by atoms with Gasteiger partial charge in [-0.25, -0.2) is 0 Å². The number of methoxy groups -OCH3 is 1. The van der Waals surface area contributed by atoms with Crippen LogP contribution in [0.1, 0.15) is 28.4 Å². The summed E-state index contributed by atoms with van der Waals surface area (Å²) in [5.74, 6) is -1.39.